The van der Waals surface area contributed by atoms with Crippen molar-refractivity contribution in [3.05, 3.63) is 36.4 Å². The minimum Gasteiger partial charge on any atom is -0.482 e. The van der Waals surface area contributed by atoms with Crippen LogP contribution in [0.2, 0.25) is 0 Å². The number of aromatic amines is 1. The molecular formula is C13H12N4O3. The zero-order chi connectivity index (χ0) is 13.9. The summed E-state index contributed by atoms with van der Waals surface area (Å²) in [5.41, 5.74) is 1.96. The van der Waals surface area contributed by atoms with Gasteiger partial charge in [-0.15, -0.1) is 0 Å². The van der Waals surface area contributed by atoms with Crippen LogP contribution in [0.4, 0.5) is 11.4 Å². The number of benzene rings is 1. The summed E-state index contributed by atoms with van der Waals surface area (Å²) in [7, 11) is 0. The van der Waals surface area contributed by atoms with E-state index in [2.05, 4.69) is 20.6 Å². The molecule has 0 radical (unpaired) electrons. The molecule has 7 nitrogen and oxygen atoms in total. The van der Waals surface area contributed by atoms with Crippen molar-refractivity contribution in [1.29, 1.82) is 0 Å². The first-order valence-electron chi connectivity index (χ1n) is 6.04. The summed E-state index contributed by atoms with van der Waals surface area (Å²) >= 11 is 0. The van der Waals surface area contributed by atoms with Crippen LogP contribution in [0.5, 0.6) is 5.75 Å². The maximum absolute atomic E-state index is 11.8. The number of aromatic nitrogens is 2. The summed E-state index contributed by atoms with van der Waals surface area (Å²) in [4.78, 5) is 29.7. The molecule has 102 valence electrons. The van der Waals surface area contributed by atoms with Crippen molar-refractivity contribution >= 4 is 23.2 Å². The number of imidazole rings is 1. The molecule has 2 heterocycles. The second kappa shape index (κ2) is 5.04. The van der Waals surface area contributed by atoms with Crippen LogP contribution in [0.25, 0.3) is 0 Å². The highest BCUT2D eigenvalue weighted by molar-refractivity contribution is 5.97. The Balaban J connectivity index is 1.69. The third-order valence-electron chi connectivity index (χ3n) is 2.80. The number of nitrogens with one attached hydrogen (secondary N) is 3. The van der Waals surface area contributed by atoms with Crippen LogP contribution in [-0.4, -0.2) is 28.4 Å². The molecule has 0 unspecified atom stereocenters. The fourth-order valence-electron chi connectivity index (χ4n) is 1.91. The lowest BCUT2D eigenvalue weighted by Gasteiger charge is -2.18. The standard InChI is InChI=1S/C13H12N4O3/c18-12(4-9-5-14-7-15-9)16-8-1-2-10-11(3-8)20-6-13(19)17-10/h1-3,5,7H,4,6H2,(H,14,15)(H,16,18)(H,17,19). The van der Waals surface area contributed by atoms with Gasteiger partial charge in [0.15, 0.2) is 6.61 Å². The van der Waals surface area contributed by atoms with Crippen molar-refractivity contribution < 1.29 is 14.3 Å². The van der Waals surface area contributed by atoms with Crippen LogP contribution >= 0.6 is 0 Å². The fourth-order valence-corrected chi connectivity index (χ4v) is 1.91. The smallest absolute Gasteiger partial charge is 0.262 e. The Morgan fingerprint density at radius 3 is 3.15 bits per heavy atom. The summed E-state index contributed by atoms with van der Waals surface area (Å²) in [5.74, 6) is 0.200. The number of nitrogens with zero attached hydrogens (tertiary/aromatic N) is 1. The molecule has 2 aromatic rings. The van der Waals surface area contributed by atoms with Gasteiger partial charge in [0.1, 0.15) is 5.75 Å². The third kappa shape index (κ3) is 2.61. The normalized spacial score (nSPS) is 13.1. The zero-order valence-electron chi connectivity index (χ0n) is 10.5. The van der Waals surface area contributed by atoms with Gasteiger partial charge in [-0.1, -0.05) is 0 Å². The van der Waals surface area contributed by atoms with E-state index in [4.69, 9.17) is 4.74 Å². The molecule has 1 aromatic carbocycles. The molecule has 0 aliphatic carbocycles. The highest BCUT2D eigenvalue weighted by Crippen LogP contribution is 2.30. The molecule has 1 aliphatic rings. The van der Waals surface area contributed by atoms with E-state index in [0.29, 0.717) is 17.1 Å². The Morgan fingerprint density at radius 2 is 2.35 bits per heavy atom. The fraction of sp³-hybridized carbons (Fsp3) is 0.154. The number of rotatable bonds is 3. The molecule has 3 N–H and O–H groups in total. The second-order valence-electron chi connectivity index (χ2n) is 4.35. The third-order valence-corrected chi connectivity index (χ3v) is 2.80. The Morgan fingerprint density at radius 1 is 1.45 bits per heavy atom. The zero-order valence-corrected chi connectivity index (χ0v) is 10.5. The van der Waals surface area contributed by atoms with Crippen LogP contribution in [0.15, 0.2) is 30.7 Å². The SMILES string of the molecule is O=C(Cc1cnc[nH]1)Nc1ccc2c(c1)OCC(=O)N2. The van der Waals surface area contributed by atoms with Crippen LogP contribution in [-0.2, 0) is 16.0 Å². The van der Waals surface area contributed by atoms with Crippen LogP contribution < -0.4 is 15.4 Å². The molecule has 3 rings (SSSR count). The highest BCUT2D eigenvalue weighted by atomic mass is 16.5. The van der Waals surface area contributed by atoms with Crippen molar-refractivity contribution in [3.8, 4) is 5.75 Å². The van der Waals surface area contributed by atoms with Gasteiger partial charge in [0.25, 0.3) is 5.91 Å². The highest BCUT2D eigenvalue weighted by Gasteiger charge is 2.16. The lowest BCUT2D eigenvalue weighted by atomic mass is 10.2. The number of anilines is 2. The van der Waals surface area contributed by atoms with Crippen LogP contribution in [0, 0.1) is 0 Å². The number of carbonyl (C=O) groups excluding carboxylic acids is 2. The number of ether oxygens (including phenoxy) is 1. The first-order chi connectivity index (χ1) is 9.70. The Bertz CT molecular complexity index is 652. The first-order valence-corrected chi connectivity index (χ1v) is 6.04. The van der Waals surface area contributed by atoms with Gasteiger partial charge in [-0.05, 0) is 12.1 Å². The maximum atomic E-state index is 11.8. The Hall–Kier alpha value is -2.83. The van der Waals surface area contributed by atoms with Gasteiger partial charge in [0.05, 0.1) is 18.4 Å². The summed E-state index contributed by atoms with van der Waals surface area (Å²) in [6, 6.07) is 5.08. The molecule has 0 spiro atoms. The summed E-state index contributed by atoms with van der Waals surface area (Å²) < 4.78 is 5.28. The summed E-state index contributed by atoms with van der Waals surface area (Å²) in [5, 5.41) is 5.45. The predicted molar refractivity (Wildman–Crippen MR) is 71.5 cm³/mol. The first kappa shape index (κ1) is 12.2. The van der Waals surface area contributed by atoms with E-state index < -0.39 is 0 Å². The van der Waals surface area contributed by atoms with E-state index in [9.17, 15) is 9.59 Å². The van der Waals surface area contributed by atoms with E-state index in [1.54, 1.807) is 24.4 Å². The summed E-state index contributed by atoms with van der Waals surface area (Å²) in [6.07, 6.45) is 3.35. The number of carbonyl (C=O) groups is 2. The van der Waals surface area contributed by atoms with Crippen molar-refractivity contribution in [2.45, 2.75) is 6.42 Å². The Kier molecular flexibility index (Phi) is 3.08. The van der Waals surface area contributed by atoms with Crippen molar-refractivity contribution in [1.82, 2.24) is 9.97 Å². The van der Waals surface area contributed by atoms with Crippen molar-refractivity contribution in [3.63, 3.8) is 0 Å². The molecule has 0 saturated heterocycles. The van der Waals surface area contributed by atoms with Gasteiger partial charge in [-0.25, -0.2) is 4.98 Å². The minimum absolute atomic E-state index is 0.0153. The monoisotopic (exact) mass is 272 g/mol. The van der Waals surface area contributed by atoms with Gasteiger partial charge in [-0.2, -0.15) is 0 Å². The lowest BCUT2D eigenvalue weighted by molar-refractivity contribution is -0.118. The average Bonchev–Trinajstić information content (AvgIpc) is 2.91. The molecule has 2 amide bonds. The minimum atomic E-state index is -0.187. The van der Waals surface area contributed by atoms with Crippen LogP contribution in [0.1, 0.15) is 5.69 Å². The van der Waals surface area contributed by atoms with Gasteiger partial charge in [0.2, 0.25) is 5.91 Å². The van der Waals surface area contributed by atoms with Gasteiger partial charge in [0, 0.05) is 23.6 Å². The summed E-state index contributed by atoms with van der Waals surface area (Å²) in [6.45, 7) is -0.0153. The molecule has 20 heavy (non-hydrogen) atoms. The van der Waals surface area contributed by atoms with E-state index in [1.807, 2.05) is 0 Å². The number of amides is 2. The van der Waals surface area contributed by atoms with E-state index in [0.717, 1.165) is 5.69 Å². The number of H-pyrrole nitrogens is 1. The van der Waals surface area contributed by atoms with E-state index >= 15 is 0 Å². The molecular weight excluding hydrogens is 260 g/mol. The number of hydrogen-bond acceptors (Lipinski definition) is 4. The topological polar surface area (TPSA) is 96.1 Å². The number of fused-ring (bicyclic) bond motifs is 1. The van der Waals surface area contributed by atoms with Gasteiger partial charge < -0.3 is 20.4 Å². The lowest BCUT2D eigenvalue weighted by Crippen LogP contribution is -2.25. The van der Waals surface area contributed by atoms with Gasteiger partial charge >= 0.3 is 0 Å². The van der Waals surface area contributed by atoms with Gasteiger partial charge in [-0.3, -0.25) is 9.59 Å². The molecule has 0 saturated carbocycles. The quantitative estimate of drug-likeness (QED) is 0.774. The maximum Gasteiger partial charge on any atom is 0.262 e. The second-order valence-corrected chi connectivity index (χ2v) is 4.35. The number of hydrogen-bond donors (Lipinski definition) is 3. The Labute approximate surface area is 114 Å². The molecule has 0 fully saturated rings. The van der Waals surface area contributed by atoms with E-state index in [1.165, 1.54) is 6.33 Å². The van der Waals surface area contributed by atoms with Crippen LogP contribution in [0.3, 0.4) is 0 Å². The average molecular weight is 272 g/mol. The predicted octanol–water partition coefficient (Wildman–Crippen LogP) is 0.922. The van der Waals surface area contributed by atoms with Crippen molar-refractivity contribution in [2.24, 2.45) is 0 Å². The molecule has 7 heteroatoms. The largest absolute Gasteiger partial charge is 0.482 e. The molecule has 0 atom stereocenters. The van der Waals surface area contributed by atoms with E-state index in [-0.39, 0.29) is 24.8 Å². The van der Waals surface area contributed by atoms with Crippen molar-refractivity contribution in [2.75, 3.05) is 17.2 Å². The molecule has 1 aromatic heterocycles. The molecule has 0 bridgehead atoms. The molecule has 1 aliphatic heterocycles.